The molecule has 0 radical (unpaired) electrons. The van der Waals surface area contributed by atoms with Crippen LogP contribution in [-0.2, 0) is 6.54 Å². The van der Waals surface area contributed by atoms with Gasteiger partial charge in [0.25, 0.3) is 0 Å². The fourth-order valence-corrected chi connectivity index (χ4v) is 3.02. The van der Waals surface area contributed by atoms with Crippen LogP contribution in [0.1, 0.15) is 24.8 Å². The van der Waals surface area contributed by atoms with Gasteiger partial charge >= 0.3 is 0 Å². The lowest BCUT2D eigenvalue weighted by atomic mass is 10.0. The van der Waals surface area contributed by atoms with E-state index in [2.05, 4.69) is 56.6 Å². The first-order chi connectivity index (χ1) is 9.34. The Kier molecular flexibility index (Phi) is 3.95. The van der Waals surface area contributed by atoms with E-state index in [9.17, 15) is 0 Å². The topological polar surface area (TPSA) is 24.9 Å². The fourth-order valence-electron chi connectivity index (χ4n) is 2.57. The fraction of sp³-hybridized carbons (Fsp3) is 0.312. The predicted molar refractivity (Wildman–Crippen MR) is 83.1 cm³/mol. The van der Waals surface area contributed by atoms with Crippen LogP contribution in [-0.4, -0.2) is 11.0 Å². The van der Waals surface area contributed by atoms with Crippen molar-refractivity contribution in [3.05, 3.63) is 52.7 Å². The van der Waals surface area contributed by atoms with Gasteiger partial charge in [-0.05, 0) is 37.0 Å². The summed E-state index contributed by atoms with van der Waals surface area (Å²) >= 11 is 3.59. The molecule has 0 spiro atoms. The number of allylic oxidation sites excluding steroid dienone is 1. The molecule has 98 valence electrons. The summed E-state index contributed by atoms with van der Waals surface area (Å²) in [5, 5.41) is 4.83. The summed E-state index contributed by atoms with van der Waals surface area (Å²) in [6.45, 7) is 0.888. The molecule has 1 aliphatic carbocycles. The van der Waals surface area contributed by atoms with E-state index >= 15 is 0 Å². The summed E-state index contributed by atoms with van der Waals surface area (Å²) in [5.74, 6) is 0. The Morgan fingerprint density at radius 3 is 3.05 bits per heavy atom. The highest BCUT2D eigenvalue weighted by Crippen LogP contribution is 2.25. The van der Waals surface area contributed by atoms with Crippen LogP contribution < -0.4 is 5.32 Å². The van der Waals surface area contributed by atoms with E-state index in [0.717, 1.165) is 23.0 Å². The van der Waals surface area contributed by atoms with Gasteiger partial charge in [-0.3, -0.25) is 4.98 Å². The maximum atomic E-state index is 4.52. The van der Waals surface area contributed by atoms with Crippen LogP contribution in [0.2, 0.25) is 0 Å². The highest BCUT2D eigenvalue weighted by atomic mass is 79.9. The summed E-state index contributed by atoms with van der Waals surface area (Å²) in [6, 6.07) is 8.97. The van der Waals surface area contributed by atoms with Crippen LogP contribution in [0, 0.1) is 0 Å². The number of fused-ring (bicyclic) bond motifs is 1. The summed E-state index contributed by atoms with van der Waals surface area (Å²) in [5.41, 5.74) is 2.36. The van der Waals surface area contributed by atoms with E-state index in [-0.39, 0.29) is 0 Å². The van der Waals surface area contributed by atoms with Gasteiger partial charge in [-0.15, -0.1) is 0 Å². The number of halogens is 1. The molecule has 2 aromatic rings. The number of benzene rings is 1. The second-order valence-electron chi connectivity index (χ2n) is 4.97. The molecule has 1 aliphatic rings. The maximum Gasteiger partial charge on any atom is 0.0758 e. The molecular weight excluding hydrogens is 300 g/mol. The predicted octanol–water partition coefficient (Wildman–Crippen LogP) is 4.20. The first-order valence-corrected chi connectivity index (χ1v) is 7.54. The lowest BCUT2D eigenvalue weighted by Gasteiger charge is -2.19. The molecular formula is C16H17BrN2. The molecule has 19 heavy (non-hydrogen) atoms. The molecule has 1 aromatic carbocycles. The van der Waals surface area contributed by atoms with Gasteiger partial charge in [0, 0.05) is 28.6 Å². The van der Waals surface area contributed by atoms with Gasteiger partial charge in [0.05, 0.1) is 5.52 Å². The van der Waals surface area contributed by atoms with Crippen molar-refractivity contribution in [2.24, 2.45) is 0 Å². The van der Waals surface area contributed by atoms with Crippen LogP contribution in [0.4, 0.5) is 0 Å². The largest absolute Gasteiger partial charge is 0.310 e. The third kappa shape index (κ3) is 2.88. The lowest BCUT2D eigenvalue weighted by molar-refractivity contribution is 0.475. The number of hydrogen-bond donors (Lipinski definition) is 1. The first kappa shape index (κ1) is 12.8. The van der Waals surface area contributed by atoms with Crippen molar-refractivity contribution >= 4 is 26.8 Å². The molecule has 2 nitrogen and oxygen atoms in total. The number of pyridine rings is 1. The second-order valence-corrected chi connectivity index (χ2v) is 5.82. The van der Waals surface area contributed by atoms with Gasteiger partial charge in [-0.1, -0.05) is 40.2 Å². The molecule has 0 saturated heterocycles. The third-order valence-corrected chi connectivity index (χ3v) is 4.34. The average molecular weight is 317 g/mol. The summed E-state index contributed by atoms with van der Waals surface area (Å²) in [4.78, 5) is 4.52. The van der Waals surface area contributed by atoms with Crippen LogP contribution in [0.25, 0.3) is 10.9 Å². The van der Waals surface area contributed by atoms with Gasteiger partial charge < -0.3 is 5.32 Å². The Balaban J connectivity index is 1.81. The van der Waals surface area contributed by atoms with Crippen molar-refractivity contribution in [3.8, 4) is 0 Å². The highest BCUT2D eigenvalue weighted by Gasteiger charge is 2.10. The Bertz CT molecular complexity index is 607. The molecule has 0 fully saturated rings. The van der Waals surface area contributed by atoms with Gasteiger partial charge in [0.1, 0.15) is 0 Å². The molecule has 1 unspecified atom stereocenters. The van der Waals surface area contributed by atoms with Crippen molar-refractivity contribution in [2.45, 2.75) is 31.8 Å². The maximum absolute atomic E-state index is 4.52. The molecule has 0 amide bonds. The van der Waals surface area contributed by atoms with Crippen LogP contribution in [0.3, 0.4) is 0 Å². The number of nitrogens with zero attached hydrogens (tertiary/aromatic N) is 1. The van der Waals surface area contributed by atoms with E-state index in [1.165, 1.54) is 23.8 Å². The molecule has 3 rings (SSSR count). The van der Waals surface area contributed by atoms with Gasteiger partial charge in [-0.25, -0.2) is 0 Å². The average Bonchev–Trinajstić information content (AvgIpc) is 2.48. The lowest BCUT2D eigenvalue weighted by Crippen LogP contribution is -2.29. The second kappa shape index (κ2) is 5.85. The highest BCUT2D eigenvalue weighted by molar-refractivity contribution is 9.10. The van der Waals surface area contributed by atoms with Gasteiger partial charge in [-0.2, -0.15) is 0 Å². The zero-order valence-electron chi connectivity index (χ0n) is 10.8. The van der Waals surface area contributed by atoms with E-state index in [1.807, 2.05) is 12.3 Å². The van der Waals surface area contributed by atoms with Crippen molar-refractivity contribution < 1.29 is 0 Å². The van der Waals surface area contributed by atoms with E-state index in [0.29, 0.717) is 6.04 Å². The number of aromatic nitrogens is 1. The molecule has 0 bridgehead atoms. The van der Waals surface area contributed by atoms with Crippen molar-refractivity contribution in [1.82, 2.24) is 10.3 Å². The Hall–Kier alpha value is -1.19. The molecule has 1 N–H and O–H groups in total. The summed E-state index contributed by atoms with van der Waals surface area (Å²) < 4.78 is 1.11. The number of hydrogen-bond acceptors (Lipinski definition) is 2. The standard InChI is InChI=1S/C16H17BrN2/c17-15-9-8-12(16-14(15)7-4-10-18-16)11-19-13-5-2-1-3-6-13/h1-2,4,7-10,13,19H,3,5-6,11H2. The monoisotopic (exact) mass is 316 g/mol. The zero-order valence-corrected chi connectivity index (χ0v) is 12.4. The minimum Gasteiger partial charge on any atom is -0.310 e. The smallest absolute Gasteiger partial charge is 0.0758 e. The Labute approximate surface area is 122 Å². The van der Waals surface area contributed by atoms with Crippen molar-refractivity contribution in [2.75, 3.05) is 0 Å². The van der Waals surface area contributed by atoms with Gasteiger partial charge in [0.2, 0.25) is 0 Å². The van der Waals surface area contributed by atoms with Crippen LogP contribution >= 0.6 is 15.9 Å². The molecule has 3 heteroatoms. The molecule has 1 atom stereocenters. The van der Waals surface area contributed by atoms with Gasteiger partial charge in [0.15, 0.2) is 0 Å². The van der Waals surface area contributed by atoms with E-state index in [4.69, 9.17) is 0 Å². The summed E-state index contributed by atoms with van der Waals surface area (Å²) in [7, 11) is 0. The SMILES string of the molecule is Brc1ccc(CNC2CC=CCC2)c2ncccc12. The van der Waals surface area contributed by atoms with Crippen LogP contribution in [0.5, 0.6) is 0 Å². The number of nitrogens with one attached hydrogen (secondary N) is 1. The van der Waals surface area contributed by atoms with Crippen LogP contribution in [0.15, 0.2) is 47.1 Å². The number of rotatable bonds is 3. The summed E-state index contributed by atoms with van der Waals surface area (Å²) in [6.07, 6.45) is 9.98. The van der Waals surface area contributed by atoms with E-state index in [1.54, 1.807) is 0 Å². The van der Waals surface area contributed by atoms with E-state index < -0.39 is 0 Å². The van der Waals surface area contributed by atoms with Crippen molar-refractivity contribution in [3.63, 3.8) is 0 Å². The Morgan fingerprint density at radius 1 is 1.26 bits per heavy atom. The third-order valence-electron chi connectivity index (χ3n) is 3.65. The molecule has 1 heterocycles. The minimum atomic E-state index is 0.604. The minimum absolute atomic E-state index is 0.604. The quantitative estimate of drug-likeness (QED) is 0.859. The normalized spacial score (nSPS) is 18.9. The zero-order chi connectivity index (χ0) is 13.1. The molecule has 1 aromatic heterocycles. The first-order valence-electron chi connectivity index (χ1n) is 6.75. The molecule has 0 saturated carbocycles. The molecule has 0 aliphatic heterocycles. The Morgan fingerprint density at radius 2 is 2.21 bits per heavy atom. The van der Waals surface area contributed by atoms with Crippen molar-refractivity contribution in [1.29, 1.82) is 0 Å².